The number of alkyl halides is 5. The van der Waals surface area contributed by atoms with Crippen LogP contribution in [0.4, 0.5) is 22.0 Å². The van der Waals surface area contributed by atoms with E-state index in [0.717, 1.165) is 10.6 Å². The van der Waals surface area contributed by atoms with Crippen LogP contribution in [0.25, 0.3) is 17.0 Å². The molecule has 3 aromatic rings. The largest absolute Gasteiger partial charge is 0.469 e. The molecule has 0 radical (unpaired) electrons. The SMILES string of the molecule is CCSc1cccnc1-c1ncc2c(OCC(F)(F)C(F)(F)F)nccn12. The Balaban J connectivity index is 1.97. The van der Waals surface area contributed by atoms with Crippen molar-refractivity contribution in [3.05, 3.63) is 36.9 Å². The van der Waals surface area contributed by atoms with Gasteiger partial charge in [0.1, 0.15) is 11.2 Å². The van der Waals surface area contributed by atoms with Gasteiger partial charge in [-0.15, -0.1) is 11.8 Å². The number of aromatic nitrogens is 4. The molecule has 0 aliphatic carbocycles. The molecule has 0 aliphatic heterocycles. The van der Waals surface area contributed by atoms with Crippen LogP contribution in [0.15, 0.2) is 41.8 Å². The number of hydrogen-bond donors (Lipinski definition) is 0. The summed E-state index contributed by atoms with van der Waals surface area (Å²) < 4.78 is 69.3. The van der Waals surface area contributed by atoms with E-state index in [1.54, 1.807) is 24.0 Å². The first-order chi connectivity index (χ1) is 12.7. The second-order valence-electron chi connectivity index (χ2n) is 5.34. The molecule has 0 unspecified atom stereocenters. The van der Waals surface area contributed by atoms with Crippen LogP contribution in [0.2, 0.25) is 0 Å². The molecule has 0 atom stereocenters. The minimum Gasteiger partial charge on any atom is -0.469 e. The van der Waals surface area contributed by atoms with Gasteiger partial charge in [0.15, 0.2) is 12.4 Å². The molecule has 5 nitrogen and oxygen atoms in total. The summed E-state index contributed by atoms with van der Waals surface area (Å²) in [5, 5.41) is 0. The van der Waals surface area contributed by atoms with Crippen LogP contribution in [-0.2, 0) is 0 Å². The van der Waals surface area contributed by atoms with Gasteiger partial charge >= 0.3 is 12.1 Å². The van der Waals surface area contributed by atoms with Gasteiger partial charge in [-0.1, -0.05) is 6.92 Å². The van der Waals surface area contributed by atoms with Crippen molar-refractivity contribution in [1.82, 2.24) is 19.4 Å². The number of ether oxygens (including phenoxy) is 1. The highest BCUT2D eigenvalue weighted by atomic mass is 32.2. The van der Waals surface area contributed by atoms with E-state index in [-0.39, 0.29) is 11.4 Å². The summed E-state index contributed by atoms with van der Waals surface area (Å²) in [6, 6.07) is 3.63. The molecule has 0 saturated carbocycles. The Morgan fingerprint density at radius 1 is 1.11 bits per heavy atom. The van der Waals surface area contributed by atoms with Crippen LogP contribution in [-0.4, -0.2) is 43.8 Å². The third kappa shape index (κ3) is 3.82. The molecule has 0 spiro atoms. The molecule has 0 saturated heterocycles. The van der Waals surface area contributed by atoms with Crippen molar-refractivity contribution in [2.24, 2.45) is 0 Å². The summed E-state index contributed by atoms with van der Waals surface area (Å²) in [4.78, 5) is 13.1. The molecule has 144 valence electrons. The molecule has 3 heterocycles. The average Bonchev–Trinajstić information content (AvgIpc) is 3.04. The Bertz CT molecular complexity index is 944. The fourth-order valence-corrected chi connectivity index (χ4v) is 3.03. The summed E-state index contributed by atoms with van der Waals surface area (Å²) in [5.74, 6) is -4.17. The molecule has 0 fully saturated rings. The van der Waals surface area contributed by atoms with Crippen molar-refractivity contribution >= 4 is 17.3 Å². The molecule has 0 N–H and O–H groups in total. The maximum atomic E-state index is 13.1. The van der Waals surface area contributed by atoms with E-state index in [4.69, 9.17) is 0 Å². The number of rotatable bonds is 6. The summed E-state index contributed by atoms with van der Waals surface area (Å²) in [6.45, 7) is 0.103. The number of thioether (sulfide) groups is 1. The molecule has 0 amide bonds. The van der Waals surface area contributed by atoms with Gasteiger partial charge in [0.2, 0.25) is 5.88 Å². The van der Waals surface area contributed by atoms with E-state index >= 15 is 0 Å². The monoisotopic (exact) mass is 404 g/mol. The summed E-state index contributed by atoms with van der Waals surface area (Å²) >= 11 is 1.54. The third-order valence-corrected chi connectivity index (χ3v) is 4.44. The molecular weight excluding hydrogens is 391 g/mol. The fourth-order valence-electron chi connectivity index (χ4n) is 2.26. The first-order valence-corrected chi connectivity index (χ1v) is 8.70. The zero-order valence-corrected chi connectivity index (χ0v) is 14.7. The van der Waals surface area contributed by atoms with E-state index in [1.807, 2.05) is 13.0 Å². The number of imidazole rings is 1. The molecule has 3 aromatic heterocycles. The second kappa shape index (κ2) is 7.29. The van der Waals surface area contributed by atoms with Crippen LogP contribution >= 0.6 is 11.8 Å². The molecule has 0 bridgehead atoms. The fraction of sp³-hybridized carbons (Fsp3) is 0.312. The van der Waals surface area contributed by atoms with Gasteiger partial charge in [-0.2, -0.15) is 22.0 Å². The maximum Gasteiger partial charge on any atom is 0.456 e. The van der Waals surface area contributed by atoms with Crippen molar-refractivity contribution in [2.45, 2.75) is 23.9 Å². The van der Waals surface area contributed by atoms with E-state index < -0.39 is 18.7 Å². The van der Waals surface area contributed by atoms with E-state index in [2.05, 4.69) is 19.7 Å². The quantitative estimate of drug-likeness (QED) is 0.448. The second-order valence-corrected chi connectivity index (χ2v) is 6.65. The number of halogens is 5. The Kier molecular flexibility index (Phi) is 5.22. The van der Waals surface area contributed by atoms with Crippen molar-refractivity contribution in [3.8, 4) is 17.4 Å². The minimum absolute atomic E-state index is 0.156. The van der Waals surface area contributed by atoms with E-state index in [9.17, 15) is 22.0 Å². The Morgan fingerprint density at radius 2 is 1.89 bits per heavy atom. The zero-order chi connectivity index (χ0) is 19.7. The smallest absolute Gasteiger partial charge is 0.456 e. The third-order valence-electron chi connectivity index (χ3n) is 3.51. The molecule has 11 heteroatoms. The van der Waals surface area contributed by atoms with Gasteiger partial charge < -0.3 is 4.74 Å². The topological polar surface area (TPSA) is 52.3 Å². The number of hydrogen-bond acceptors (Lipinski definition) is 5. The van der Waals surface area contributed by atoms with Gasteiger partial charge in [0.25, 0.3) is 0 Å². The zero-order valence-electron chi connectivity index (χ0n) is 13.9. The molecule has 0 aliphatic rings. The minimum atomic E-state index is -5.70. The lowest BCUT2D eigenvalue weighted by Gasteiger charge is -2.19. The lowest BCUT2D eigenvalue weighted by molar-refractivity contribution is -0.290. The van der Waals surface area contributed by atoms with E-state index in [1.165, 1.54) is 23.0 Å². The van der Waals surface area contributed by atoms with Gasteiger partial charge in [0.05, 0.1) is 6.20 Å². The van der Waals surface area contributed by atoms with Crippen LogP contribution in [0.5, 0.6) is 5.88 Å². The summed E-state index contributed by atoms with van der Waals surface area (Å²) in [5.41, 5.74) is 0.714. The van der Waals surface area contributed by atoms with Gasteiger partial charge in [-0.25, -0.2) is 9.97 Å². The van der Waals surface area contributed by atoms with Crippen molar-refractivity contribution < 1.29 is 26.7 Å². The van der Waals surface area contributed by atoms with Gasteiger partial charge in [-0.05, 0) is 17.9 Å². The number of nitrogens with zero attached hydrogens (tertiary/aromatic N) is 4. The molecule has 27 heavy (non-hydrogen) atoms. The average molecular weight is 404 g/mol. The van der Waals surface area contributed by atoms with E-state index in [0.29, 0.717) is 11.5 Å². The van der Waals surface area contributed by atoms with Gasteiger partial charge in [0, 0.05) is 23.5 Å². The highest BCUT2D eigenvalue weighted by Gasteiger charge is 2.58. The van der Waals surface area contributed by atoms with Crippen molar-refractivity contribution in [1.29, 1.82) is 0 Å². The lowest BCUT2D eigenvalue weighted by Crippen LogP contribution is -2.41. The van der Waals surface area contributed by atoms with Crippen LogP contribution in [0, 0.1) is 0 Å². The first-order valence-electron chi connectivity index (χ1n) is 7.72. The molecule has 3 rings (SSSR count). The van der Waals surface area contributed by atoms with Gasteiger partial charge in [-0.3, -0.25) is 9.38 Å². The van der Waals surface area contributed by atoms with Crippen molar-refractivity contribution in [3.63, 3.8) is 0 Å². The number of pyridine rings is 1. The highest BCUT2D eigenvalue weighted by molar-refractivity contribution is 7.99. The Labute approximate surface area is 154 Å². The summed E-state index contributed by atoms with van der Waals surface area (Å²) in [6.07, 6.45) is -0.100. The van der Waals surface area contributed by atoms with Crippen LogP contribution < -0.4 is 4.74 Å². The standard InChI is InChI=1S/C16H13F5N4OS/c1-2-27-11-4-3-5-22-12(11)13-24-8-10-14(23-6-7-25(10)13)26-9-15(17,18)16(19,20)21/h3-8H,2,9H2,1H3. The first kappa shape index (κ1) is 19.3. The molecular formula is C16H13F5N4OS. The highest BCUT2D eigenvalue weighted by Crippen LogP contribution is 2.36. The van der Waals surface area contributed by atoms with Crippen molar-refractivity contribution in [2.75, 3.05) is 12.4 Å². The normalized spacial score (nSPS) is 12.5. The van der Waals surface area contributed by atoms with Crippen LogP contribution in [0.3, 0.4) is 0 Å². The van der Waals surface area contributed by atoms with Crippen LogP contribution in [0.1, 0.15) is 6.92 Å². The molecule has 0 aromatic carbocycles. The lowest BCUT2D eigenvalue weighted by atomic mass is 10.3. The predicted octanol–water partition coefficient (Wildman–Crippen LogP) is 4.48. The maximum absolute atomic E-state index is 13.1. The Morgan fingerprint density at radius 3 is 2.59 bits per heavy atom. The number of fused-ring (bicyclic) bond motifs is 1. The Hall–Kier alpha value is -2.43. The summed E-state index contributed by atoms with van der Waals surface area (Å²) in [7, 11) is 0. The predicted molar refractivity (Wildman–Crippen MR) is 89.1 cm³/mol.